The van der Waals surface area contributed by atoms with Crippen LogP contribution in [-0.4, -0.2) is 12.1 Å². The highest BCUT2D eigenvalue weighted by molar-refractivity contribution is 5.92. The van der Waals surface area contributed by atoms with Gasteiger partial charge in [0.25, 0.3) is 0 Å². The monoisotopic (exact) mass is 328 g/mol. The number of para-hydroxylation sites is 1. The van der Waals surface area contributed by atoms with Crippen LogP contribution in [0.4, 0.5) is 0 Å². The van der Waals surface area contributed by atoms with E-state index in [-0.39, 0.29) is 11.7 Å². The van der Waals surface area contributed by atoms with E-state index in [4.69, 9.17) is 9.15 Å². The second kappa shape index (κ2) is 6.80. The predicted octanol–water partition coefficient (Wildman–Crippen LogP) is 4.41. The molecule has 0 aliphatic heterocycles. The average Bonchev–Trinajstić information content (AvgIpc) is 2.53. The number of fused-ring (bicyclic) bond motifs is 1. The van der Waals surface area contributed by atoms with Crippen molar-refractivity contribution in [2.24, 2.45) is 17.8 Å². The SMILES string of the molecule is CC1CCC(C(C)C)C(OC(=O)c2cc3ccccc3oc2=O)C1. The van der Waals surface area contributed by atoms with Crippen LogP contribution in [0.2, 0.25) is 0 Å². The maximum absolute atomic E-state index is 12.6. The summed E-state index contributed by atoms with van der Waals surface area (Å²) in [5.41, 5.74) is -0.177. The van der Waals surface area contributed by atoms with Crippen molar-refractivity contribution in [2.75, 3.05) is 0 Å². The van der Waals surface area contributed by atoms with E-state index in [9.17, 15) is 9.59 Å². The molecule has 0 N–H and O–H groups in total. The van der Waals surface area contributed by atoms with Crippen molar-refractivity contribution in [3.8, 4) is 0 Å². The smallest absolute Gasteiger partial charge is 0.351 e. The third-order valence-electron chi connectivity index (χ3n) is 5.08. The van der Waals surface area contributed by atoms with Crippen LogP contribution in [0.5, 0.6) is 0 Å². The predicted molar refractivity (Wildman–Crippen MR) is 93.0 cm³/mol. The first-order valence-corrected chi connectivity index (χ1v) is 8.69. The summed E-state index contributed by atoms with van der Waals surface area (Å²) in [5, 5.41) is 0.724. The van der Waals surface area contributed by atoms with Gasteiger partial charge in [0, 0.05) is 5.39 Å². The second-order valence-corrected chi connectivity index (χ2v) is 7.26. The zero-order chi connectivity index (χ0) is 17.3. The summed E-state index contributed by atoms with van der Waals surface area (Å²) in [7, 11) is 0. The minimum Gasteiger partial charge on any atom is -0.458 e. The van der Waals surface area contributed by atoms with E-state index in [1.165, 1.54) is 0 Å². The Morgan fingerprint density at radius 1 is 1.25 bits per heavy atom. The van der Waals surface area contributed by atoms with Crippen molar-refractivity contribution in [3.63, 3.8) is 0 Å². The van der Waals surface area contributed by atoms with Crippen LogP contribution >= 0.6 is 0 Å². The third kappa shape index (κ3) is 3.37. The Kier molecular flexibility index (Phi) is 4.74. The molecule has 1 aliphatic carbocycles. The Labute approximate surface area is 141 Å². The Morgan fingerprint density at radius 3 is 2.75 bits per heavy atom. The Morgan fingerprint density at radius 2 is 2.00 bits per heavy atom. The van der Waals surface area contributed by atoms with Crippen molar-refractivity contribution in [1.29, 1.82) is 0 Å². The van der Waals surface area contributed by atoms with Crippen molar-refractivity contribution >= 4 is 16.9 Å². The average molecular weight is 328 g/mol. The van der Waals surface area contributed by atoms with Crippen LogP contribution in [0, 0.1) is 17.8 Å². The molecule has 1 heterocycles. The molecule has 2 aromatic rings. The second-order valence-electron chi connectivity index (χ2n) is 7.26. The standard InChI is InChI=1S/C20H24O4/c1-12(2)15-9-8-13(3)10-18(15)24-20(22)16-11-14-6-4-5-7-17(14)23-19(16)21/h4-7,11-13,15,18H,8-10H2,1-3H3. The van der Waals surface area contributed by atoms with Crippen molar-refractivity contribution in [1.82, 2.24) is 0 Å². The van der Waals surface area contributed by atoms with Crippen LogP contribution in [0.3, 0.4) is 0 Å². The van der Waals surface area contributed by atoms with Crippen molar-refractivity contribution < 1.29 is 13.9 Å². The molecule has 3 unspecified atom stereocenters. The molecule has 0 spiro atoms. The summed E-state index contributed by atoms with van der Waals surface area (Å²) >= 11 is 0. The number of benzene rings is 1. The van der Waals surface area contributed by atoms with E-state index in [0.29, 0.717) is 23.3 Å². The maximum atomic E-state index is 12.6. The molecule has 3 atom stereocenters. The number of esters is 1. The van der Waals surface area contributed by atoms with Gasteiger partial charge in [-0.05, 0) is 42.7 Å². The fourth-order valence-electron chi connectivity index (χ4n) is 3.66. The van der Waals surface area contributed by atoms with E-state index in [0.717, 1.165) is 24.6 Å². The lowest BCUT2D eigenvalue weighted by Crippen LogP contribution is -2.36. The summed E-state index contributed by atoms with van der Waals surface area (Å²) in [6.07, 6.45) is 2.94. The van der Waals surface area contributed by atoms with Crippen LogP contribution in [-0.2, 0) is 4.74 Å². The molecule has 0 amide bonds. The summed E-state index contributed by atoms with van der Waals surface area (Å²) < 4.78 is 11.0. The van der Waals surface area contributed by atoms with Gasteiger partial charge < -0.3 is 9.15 Å². The number of rotatable bonds is 3. The molecular formula is C20H24O4. The molecule has 4 heteroatoms. The lowest BCUT2D eigenvalue weighted by atomic mass is 9.75. The lowest BCUT2D eigenvalue weighted by Gasteiger charge is -2.36. The fraction of sp³-hybridized carbons (Fsp3) is 0.500. The van der Waals surface area contributed by atoms with Crippen LogP contribution < -0.4 is 5.63 Å². The van der Waals surface area contributed by atoms with Gasteiger partial charge in [-0.1, -0.05) is 45.4 Å². The third-order valence-corrected chi connectivity index (χ3v) is 5.08. The van der Waals surface area contributed by atoms with Crippen molar-refractivity contribution in [3.05, 3.63) is 46.3 Å². The summed E-state index contributed by atoms with van der Waals surface area (Å²) in [6.45, 7) is 6.50. The molecule has 0 saturated heterocycles. The molecule has 4 nitrogen and oxygen atoms in total. The molecule has 0 radical (unpaired) electrons. The van der Waals surface area contributed by atoms with Crippen molar-refractivity contribution in [2.45, 2.75) is 46.1 Å². The minimum absolute atomic E-state index is 0.0190. The molecule has 1 aromatic heterocycles. The largest absolute Gasteiger partial charge is 0.458 e. The van der Waals surface area contributed by atoms with Gasteiger partial charge in [0.2, 0.25) is 0 Å². The van der Waals surface area contributed by atoms with Gasteiger partial charge in [0.1, 0.15) is 17.3 Å². The van der Waals surface area contributed by atoms with Gasteiger partial charge in [-0.3, -0.25) is 0 Å². The Bertz CT molecular complexity index is 790. The van der Waals surface area contributed by atoms with Crippen LogP contribution in [0.1, 0.15) is 50.4 Å². The Hall–Kier alpha value is -2.10. The number of carbonyl (C=O) groups is 1. The highest BCUT2D eigenvalue weighted by atomic mass is 16.5. The van der Waals surface area contributed by atoms with E-state index in [1.54, 1.807) is 18.2 Å². The summed E-state index contributed by atoms with van der Waals surface area (Å²) in [6, 6.07) is 8.73. The zero-order valence-corrected chi connectivity index (χ0v) is 14.5. The van der Waals surface area contributed by atoms with Gasteiger partial charge in [-0.25, -0.2) is 9.59 Å². The number of ether oxygens (including phenoxy) is 1. The maximum Gasteiger partial charge on any atom is 0.351 e. The topological polar surface area (TPSA) is 56.5 Å². The van der Waals surface area contributed by atoms with Gasteiger partial charge in [0.05, 0.1) is 0 Å². The van der Waals surface area contributed by atoms with E-state index < -0.39 is 11.6 Å². The first-order chi connectivity index (χ1) is 11.5. The van der Waals surface area contributed by atoms with Crippen LogP contribution in [0.15, 0.2) is 39.5 Å². The molecule has 1 saturated carbocycles. The molecular weight excluding hydrogens is 304 g/mol. The zero-order valence-electron chi connectivity index (χ0n) is 14.5. The normalized spacial score (nSPS) is 24.2. The first-order valence-electron chi connectivity index (χ1n) is 8.69. The molecule has 1 fully saturated rings. The minimum atomic E-state index is -0.636. The van der Waals surface area contributed by atoms with E-state index >= 15 is 0 Å². The molecule has 128 valence electrons. The van der Waals surface area contributed by atoms with E-state index in [2.05, 4.69) is 20.8 Å². The quantitative estimate of drug-likeness (QED) is 0.618. The number of hydrogen-bond donors (Lipinski definition) is 0. The first kappa shape index (κ1) is 16.7. The molecule has 1 aliphatic rings. The number of hydrogen-bond acceptors (Lipinski definition) is 4. The lowest BCUT2D eigenvalue weighted by molar-refractivity contribution is -0.0177. The molecule has 1 aromatic carbocycles. The summed E-state index contributed by atoms with van der Waals surface area (Å²) in [5.74, 6) is 0.756. The van der Waals surface area contributed by atoms with Gasteiger partial charge in [0.15, 0.2) is 0 Å². The highest BCUT2D eigenvalue weighted by Crippen LogP contribution is 2.35. The van der Waals surface area contributed by atoms with Crippen LogP contribution in [0.25, 0.3) is 11.0 Å². The van der Waals surface area contributed by atoms with Gasteiger partial charge in [-0.2, -0.15) is 0 Å². The highest BCUT2D eigenvalue weighted by Gasteiger charge is 2.34. The van der Waals surface area contributed by atoms with Gasteiger partial charge >= 0.3 is 11.6 Å². The Balaban J connectivity index is 1.86. The number of carbonyl (C=O) groups excluding carboxylic acids is 1. The molecule has 3 rings (SSSR count). The molecule has 0 bridgehead atoms. The fourth-order valence-corrected chi connectivity index (χ4v) is 3.66. The van der Waals surface area contributed by atoms with Gasteiger partial charge in [-0.15, -0.1) is 0 Å². The molecule has 24 heavy (non-hydrogen) atoms. The summed E-state index contributed by atoms with van der Waals surface area (Å²) in [4.78, 5) is 24.7. The van der Waals surface area contributed by atoms with E-state index in [1.807, 2.05) is 12.1 Å².